The predicted molar refractivity (Wildman–Crippen MR) is 58.5 cm³/mol. The molecule has 0 aliphatic carbocycles. The molecule has 0 saturated carbocycles. The lowest BCUT2D eigenvalue weighted by atomic mass is 10.2. The SMILES string of the molecule is N#Cc1ccc2nc(-c3ccc[nH]3)oc2c1. The molecule has 0 spiro atoms. The lowest BCUT2D eigenvalue weighted by Gasteiger charge is -1.86. The van der Waals surface area contributed by atoms with Crippen LogP contribution in [-0.2, 0) is 0 Å². The van der Waals surface area contributed by atoms with Crippen molar-refractivity contribution in [3.05, 3.63) is 42.1 Å². The summed E-state index contributed by atoms with van der Waals surface area (Å²) >= 11 is 0. The van der Waals surface area contributed by atoms with Crippen LogP contribution in [0.25, 0.3) is 22.7 Å². The van der Waals surface area contributed by atoms with Crippen LogP contribution in [0.4, 0.5) is 0 Å². The molecule has 0 unspecified atom stereocenters. The van der Waals surface area contributed by atoms with Crippen molar-refractivity contribution in [2.75, 3.05) is 0 Å². The van der Waals surface area contributed by atoms with Gasteiger partial charge in [-0.05, 0) is 24.3 Å². The fraction of sp³-hybridized carbons (Fsp3) is 0. The topological polar surface area (TPSA) is 65.6 Å². The van der Waals surface area contributed by atoms with Crippen LogP contribution in [0, 0.1) is 11.3 Å². The first-order chi connectivity index (χ1) is 7.86. The zero-order chi connectivity index (χ0) is 11.0. The highest BCUT2D eigenvalue weighted by molar-refractivity contribution is 5.77. The van der Waals surface area contributed by atoms with Gasteiger partial charge in [0.25, 0.3) is 0 Å². The van der Waals surface area contributed by atoms with Crippen molar-refractivity contribution in [3.63, 3.8) is 0 Å². The second kappa shape index (κ2) is 3.24. The first kappa shape index (κ1) is 8.74. The number of oxazole rings is 1. The van der Waals surface area contributed by atoms with E-state index in [0.717, 1.165) is 11.2 Å². The molecular weight excluding hydrogens is 202 g/mol. The highest BCUT2D eigenvalue weighted by Gasteiger charge is 2.08. The normalized spacial score (nSPS) is 10.4. The van der Waals surface area contributed by atoms with E-state index in [0.29, 0.717) is 17.0 Å². The average Bonchev–Trinajstić information content (AvgIpc) is 2.96. The van der Waals surface area contributed by atoms with Crippen molar-refractivity contribution >= 4 is 11.1 Å². The standard InChI is InChI=1S/C12H7N3O/c13-7-8-3-4-9-11(6-8)16-12(15-9)10-2-1-5-14-10/h1-6,14H. The quantitative estimate of drug-likeness (QED) is 0.670. The van der Waals surface area contributed by atoms with Gasteiger partial charge in [-0.2, -0.15) is 5.26 Å². The molecule has 16 heavy (non-hydrogen) atoms. The lowest BCUT2D eigenvalue weighted by molar-refractivity contribution is 0.617. The van der Waals surface area contributed by atoms with Crippen molar-refractivity contribution in [1.82, 2.24) is 9.97 Å². The van der Waals surface area contributed by atoms with Gasteiger partial charge in [-0.3, -0.25) is 0 Å². The molecule has 76 valence electrons. The highest BCUT2D eigenvalue weighted by atomic mass is 16.3. The first-order valence-electron chi connectivity index (χ1n) is 4.81. The summed E-state index contributed by atoms with van der Waals surface area (Å²) in [5.41, 5.74) is 2.78. The minimum absolute atomic E-state index is 0.537. The third-order valence-corrected chi connectivity index (χ3v) is 2.35. The van der Waals surface area contributed by atoms with Gasteiger partial charge in [0.1, 0.15) is 11.2 Å². The number of nitrogens with zero attached hydrogens (tertiary/aromatic N) is 2. The lowest BCUT2D eigenvalue weighted by Crippen LogP contribution is -1.74. The average molecular weight is 209 g/mol. The van der Waals surface area contributed by atoms with E-state index in [9.17, 15) is 0 Å². The second-order valence-corrected chi connectivity index (χ2v) is 3.40. The smallest absolute Gasteiger partial charge is 0.244 e. The van der Waals surface area contributed by atoms with E-state index >= 15 is 0 Å². The van der Waals surface area contributed by atoms with Crippen LogP contribution in [0.1, 0.15) is 5.56 Å². The fourth-order valence-electron chi connectivity index (χ4n) is 1.57. The van der Waals surface area contributed by atoms with Gasteiger partial charge in [0.2, 0.25) is 5.89 Å². The van der Waals surface area contributed by atoms with Gasteiger partial charge in [0, 0.05) is 12.3 Å². The Hall–Kier alpha value is -2.54. The van der Waals surface area contributed by atoms with Crippen molar-refractivity contribution in [1.29, 1.82) is 5.26 Å². The fourth-order valence-corrected chi connectivity index (χ4v) is 1.57. The van der Waals surface area contributed by atoms with Crippen LogP contribution >= 0.6 is 0 Å². The van der Waals surface area contributed by atoms with E-state index in [-0.39, 0.29) is 0 Å². The van der Waals surface area contributed by atoms with Gasteiger partial charge in [0.15, 0.2) is 5.58 Å². The Bertz CT molecular complexity index is 674. The molecule has 2 heterocycles. The molecule has 0 amide bonds. The Kier molecular flexibility index (Phi) is 1.77. The Balaban J connectivity index is 2.20. The van der Waals surface area contributed by atoms with Crippen LogP contribution < -0.4 is 0 Å². The molecular formula is C12H7N3O. The van der Waals surface area contributed by atoms with Crippen LogP contribution in [0.3, 0.4) is 0 Å². The van der Waals surface area contributed by atoms with E-state index in [1.165, 1.54) is 0 Å². The molecule has 0 atom stereocenters. The van der Waals surface area contributed by atoms with Crippen LogP contribution in [-0.4, -0.2) is 9.97 Å². The molecule has 0 bridgehead atoms. The summed E-state index contributed by atoms with van der Waals surface area (Å²) in [6, 6.07) is 11.0. The second-order valence-electron chi connectivity index (χ2n) is 3.40. The van der Waals surface area contributed by atoms with E-state index in [2.05, 4.69) is 16.0 Å². The third-order valence-electron chi connectivity index (χ3n) is 2.35. The number of rotatable bonds is 1. The van der Waals surface area contributed by atoms with Gasteiger partial charge in [-0.1, -0.05) is 0 Å². The Morgan fingerprint density at radius 3 is 3.00 bits per heavy atom. The van der Waals surface area contributed by atoms with Gasteiger partial charge < -0.3 is 9.40 Å². The Labute approximate surface area is 91.2 Å². The number of aromatic nitrogens is 2. The number of hydrogen-bond donors (Lipinski definition) is 1. The Morgan fingerprint density at radius 2 is 2.25 bits per heavy atom. The largest absolute Gasteiger partial charge is 0.435 e. The van der Waals surface area contributed by atoms with Gasteiger partial charge >= 0.3 is 0 Å². The van der Waals surface area contributed by atoms with Crippen molar-refractivity contribution in [3.8, 4) is 17.7 Å². The predicted octanol–water partition coefficient (Wildman–Crippen LogP) is 2.69. The Morgan fingerprint density at radius 1 is 1.31 bits per heavy atom. The van der Waals surface area contributed by atoms with Crippen molar-refractivity contribution in [2.24, 2.45) is 0 Å². The molecule has 0 saturated heterocycles. The van der Waals surface area contributed by atoms with Crippen LogP contribution in [0.15, 0.2) is 40.9 Å². The molecule has 1 aromatic carbocycles. The van der Waals surface area contributed by atoms with Gasteiger partial charge in [-0.25, -0.2) is 4.98 Å². The van der Waals surface area contributed by atoms with E-state index in [1.54, 1.807) is 18.2 Å². The van der Waals surface area contributed by atoms with E-state index in [1.807, 2.05) is 18.3 Å². The summed E-state index contributed by atoms with van der Waals surface area (Å²) in [4.78, 5) is 7.34. The number of fused-ring (bicyclic) bond motifs is 1. The summed E-state index contributed by atoms with van der Waals surface area (Å²) in [5, 5.41) is 8.77. The van der Waals surface area contributed by atoms with Crippen LogP contribution in [0.2, 0.25) is 0 Å². The van der Waals surface area contributed by atoms with Gasteiger partial charge in [0.05, 0.1) is 11.6 Å². The summed E-state index contributed by atoms with van der Waals surface area (Å²) in [7, 11) is 0. The van der Waals surface area contributed by atoms with Crippen molar-refractivity contribution < 1.29 is 4.42 Å². The summed E-state index contributed by atoms with van der Waals surface area (Å²) in [6.07, 6.45) is 1.81. The zero-order valence-electron chi connectivity index (χ0n) is 8.27. The van der Waals surface area contributed by atoms with Gasteiger partial charge in [-0.15, -0.1) is 0 Å². The first-order valence-corrected chi connectivity index (χ1v) is 4.81. The molecule has 3 aromatic rings. The summed E-state index contributed by atoms with van der Waals surface area (Å²) in [5.74, 6) is 0.537. The molecule has 0 fully saturated rings. The molecule has 1 N–H and O–H groups in total. The maximum Gasteiger partial charge on any atom is 0.244 e. The molecule has 4 heteroatoms. The zero-order valence-corrected chi connectivity index (χ0v) is 8.27. The van der Waals surface area contributed by atoms with Crippen molar-refractivity contribution in [2.45, 2.75) is 0 Å². The van der Waals surface area contributed by atoms with E-state index < -0.39 is 0 Å². The molecule has 0 aliphatic heterocycles. The third kappa shape index (κ3) is 1.27. The molecule has 0 radical (unpaired) electrons. The molecule has 2 aromatic heterocycles. The highest BCUT2D eigenvalue weighted by Crippen LogP contribution is 2.23. The number of benzene rings is 1. The molecule has 4 nitrogen and oxygen atoms in total. The summed E-state index contributed by atoms with van der Waals surface area (Å²) < 4.78 is 5.56. The number of aromatic amines is 1. The number of H-pyrrole nitrogens is 1. The monoisotopic (exact) mass is 209 g/mol. The maximum absolute atomic E-state index is 8.77. The molecule has 0 aliphatic rings. The number of nitrogens with one attached hydrogen (secondary N) is 1. The minimum Gasteiger partial charge on any atom is -0.435 e. The summed E-state index contributed by atoms with van der Waals surface area (Å²) in [6.45, 7) is 0. The van der Waals surface area contributed by atoms with Crippen LogP contribution in [0.5, 0.6) is 0 Å². The number of nitriles is 1. The van der Waals surface area contributed by atoms with E-state index in [4.69, 9.17) is 9.68 Å². The molecule has 3 rings (SSSR count). The minimum atomic E-state index is 0.537. The maximum atomic E-state index is 8.77. The number of hydrogen-bond acceptors (Lipinski definition) is 3.